The maximum Gasteiger partial charge on any atom is 0.214 e. The Balaban J connectivity index is 1.62. The molecule has 1 unspecified atom stereocenters. The molecule has 2 heterocycles. The summed E-state index contributed by atoms with van der Waals surface area (Å²) in [6.07, 6.45) is 3.74. The van der Waals surface area contributed by atoms with Crippen molar-refractivity contribution in [2.45, 2.75) is 45.2 Å². The van der Waals surface area contributed by atoms with Crippen molar-refractivity contribution in [1.82, 2.24) is 9.21 Å². The molecule has 2 aliphatic rings. The maximum absolute atomic E-state index is 12.3. The lowest BCUT2D eigenvalue weighted by Gasteiger charge is -2.33. The van der Waals surface area contributed by atoms with Crippen molar-refractivity contribution in [3.8, 4) is 0 Å². The third kappa shape index (κ3) is 3.36. The van der Waals surface area contributed by atoms with E-state index in [1.807, 2.05) is 6.92 Å². The number of rotatable bonds is 5. The van der Waals surface area contributed by atoms with E-state index in [1.54, 1.807) is 4.31 Å². The highest BCUT2D eigenvalue weighted by molar-refractivity contribution is 7.89. The Hall–Kier alpha value is -0.910. The summed E-state index contributed by atoms with van der Waals surface area (Å²) in [5, 5.41) is 0. The first-order valence-electron chi connectivity index (χ1n) is 8.39. The van der Waals surface area contributed by atoms with Gasteiger partial charge in [-0.15, -0.1) is 0 Å². The third-order valence-electron chi connectivity index (χ3n) is 4.95. The number of sulfonamides is 1. The molecule has 0 amide bonds. The van der Waals surface area contributed by atoms with Crippen molar-refractivity contribution in [2.75, 3.05) is 25.4 Å². The van der Waals surface area contributed by atoms with Crippen LogP contribution < -0.4 is 0 Å². The molecular formula is C17H26N2O2S. The lowest BCUT2D eigenvalue weighted by Crippen LogP contribution is -2.42. The van der Waals surface area contributed by atoms with Crippen LogP contribution in [0.5, 0.6) is 0 Å². The molecule has 0 aromatic heterocycles. The molecule has 0 aliphatic carbocycles. The number of unbranched alkanes of at least 4 members (excludes halogenated alkanes) is 1. The van der Waals surface area contributed by atoms with Crippen molar-refractivity contribution in [1.29, 1.82) is 0 Å². The fourth-order valence-electron chi connectivity index (χ4n) is 3.55. The van der Waals surface area contributed by atoms with Gasteiger partial charge in [0.05, 0.1) is 5.75 Å². The third-order valence-corrected chi connectivity index (χ3v) is 6.87. The second-order valence-corrected chi connectivity index (χ2v) is 8.55. The molecule has 0 N–H and O–H groups in total. The summed E-state index contributed by atoms with van der Waals surface area (Å²) in [4.78, 5) is 2.47. The number of benzene rings is 1. The van der Waals surface area contributed by atoms with Gasteiger partial charge in [-0.3, -0.25) is 4.90 Å². The van der Waals surface area contributed by atoms with E-state index in [0.717, 1.165) is 38.8 Å². The molecule has 2 aliphatic heterocycles. The summed E-state index contributed by atoms with van der Waals surface area (Å²) in [5.74, 6) is 0.305. The largest absolute Gasteiger partial charge is 0.294 e. The summed E-state index contributed by atoms with van der Waals surface area (Å²) in [5.41, 5.74) is 2.85. The van der Waals surface area contributed by atoms with Gasteiger partial charge in [0.2, 0.25) is 10.0 Å². The van der Waals surface area contributed by atoms with Gasteiger partial charge in [0.25, 0.3) is 0 Å². The van der Waals surface area contributed by atoms with Gasteiger partial charge in [-0.2, -0.15) is 0 Å². The predicted molar refractivity (Wildman–Crippen MR) is 89.2 cm³/mol. The van der Waals surface area contributed by atoms with E-state index in [9.17, 15) is 8.42 Å². The zero-order valence-corrected chi connectivity index (χ0v) is 14.2. The van der Waals surface area contributed by atoms with E-state index in [-0.39, 0.29) is 0 Å². The van der Waals surface area contributed by atoms with Crippen molar-refractivity contribution in [2.24, 2.45) is 0 Å². The Bertz CT molecular complexity index is 615. The minimum atomic E-state index is -3.05. The van der Waals surface area contributed by atoms with Crippen molar-refractivity contribution >= 4 is 10.0 Å². The van der Waals surface area contributed by atoms with Crippen LogP contribution in [0.1, 0.15) is 37.3 Å². The molecule has 122 valence electrons. The minimum Gasteiger partial charge on any atom is -0.294 e. The molecule has 1 aromatic rings. The Morgan fingerprint density at radius 1 is 1.18 bits per heavy atom. The molecule has 3 rings (SSSR count). The number of hydrogen-bond donors (Lipinski definition) is 0. The average Bonchev–Trinajstić information content (AvgIpc) is 3.03. The highest BCUT2D eigenvalue weighted by atomic mass is 32.2. The van der Waals surface area contributed by atoms with Gasteiger partial charge in [-0.05, 0) is 30.4 Å². The zero-order chi connectivity index (χ0) is 15.6. The van der Waals surface area contributed by atoms with Gasteiger partial charge < -0.3 is 0 Å². The van der Waals surface area contributed by atoms with E-state index in [0.29, 0.717) is 24.9 Å². The molecule has 0 saturated carbocycles. The first kappa shape index (κ1) is 16.0. The average molecular weight is 322 g/mol. The zero-order valence-electron chi connectivity index (χ0n) is 13.4. The topological polar surface area (TPSA) is 40.6 Å². The SMILES string of the molecule is CCCCS(=O)(=O)N1CCC(N2CCc3ccccc3C2)C1. The molecule has 1 atom stereocenters. The summed E-state index contributed by atoms with van der Waals surface area (Å²) >= 11 is 0. The molecule has 1 saturated heterocycles. The fourth-order valence-corrected chi connectivity index (χ4v) is 5.24. The summed E-state index contributed by atoms with van der Waals surface area (Å²) < 4.78 is 26.4. The molecule has 0 radical (unpaired) electrons. The van der Waals surface area contributed by atoms with Crippen molar-refractivity contribution in [3.05, 3.63) is 35.4 Å². The molecule has 0 spiro atoms. The summed E-state index contributed by atoms with van der Waals surface area (Å²) in [6, 6.07) is 8.99. The second kappa shape index (κ2) is 6.69. The highest BCUT2D eigenvalue weighted by Gasteiger charge is 2.34. The highest BCUT2D eigenvalue weighted by Crippen LogP contribution is 2.25. The van der Waals surface area contributed by atoms with Crippen LogP contribution in [0.2, 0.25) is 0 Å². The lowest BCUT2D eigenvalue weighted by molar-refractivity contribution is 0.185. The van der Waals surface area contributed by atoms with Crippen LogP contribution in [0, 0.1) is 0 Å². The quantitative estimate of drug-likeness (QED) is 0.835. The van der Waals surface area contributed by atoms with Crippen molar-refractivity contribution < 1.29 is 8.42 Å². The maximum atomic E-state index is 12.3. The monoisotopic (exact) mass is 322 g/mol. The van der Waals surface area contributed by atoms with Gasteiger partial charge in [0.15, 0.2) is 0 Å². The van der Waals surface area contributed by atoms with Crippen LogP contribution in [0.25, 0.3) is 0 Å². The molecule has 22 heavy (non-hydrogen) atoms. The number of fused-ring (bicyclic) bond motifs is 1. The van der Waals surface area contributed by atoms with Gasteiger partial charge in [-0.25, -0.2) is 12.7 Å². The van der Waals surface area contributed by atoms with E-state index >= 15 is 0 Å². The first-order valence-corrected chi connectivity index (χ1v) is 9.99. The Morgan fingerprint density at radius 2 is 1.95 bits per heavy atom. The predicted octanol–water partition coefficient (Wildman–Crippen LogP) is 2.25. The summed E-state index contributed by atoms with van der Waals surface area (Å²) in [6.45, 7) is 5.41. The Kier molecular flexibility index (Phi) is 4.85. The second-order valence-electron chi connectivity index (χ2n) is 6.46. The van der Waals surface area contributed by atoms with Gasteiger partial charge >= 0.3 is 0 Å². The van der Waals surface area contributed by atoms with Crippen LogP contribution in [0.15, 0.2) is 24.3 Å². The van der Waals surface area contributed by atoms with Gasteiger partial charge in [0.1, 0.15) is 0 Å². The first-order chi connectivity index (χ1) is 10.6. The van der Waals surface area contributed by atoms with Crippen LogP contribution in [-0.4, -0.2) is 49.1 Å². The van der Waals surface area contributed by atoms with Gasteiger partial charge in [-0.1, -0.05) is 37.6 Å². The van der Waals surface area contributed by atoms with Crippen molar-refractivity contribution in [3.63, 3.8) is 0 Å². The minimum absolute atomic E-state index is 0.305. The van der Waals surface area contributed by atoms with Crippen LogP contribution in [0.3, 0.4) is 0 Å². The normalized spacial score (nSPS) is 23.6. The van der Waals surface area contributed by atoms with Crippen LogP contribution in [0.4, 0.5) is 0 Å². The molecule has 4 nitrogen and oxygen atoms in total. The standard InChI is InChI=1S/C17H26N2O2S/c1-2-3-12-22(20,21)19-11-9-17(14-19)18-10-8-15-6-4-5-7-16(15)13-18/h4-7,17H,2-3,8-14H2,1H3. The molecule has 1 fully saturated rings. The van der Waals surface area contributed by atoms with E-state index in [1.165, 1.54) is 11.1 Å². The fraction of sp³-hybridized carbons (Fsp3) is 0.647. The van der Waals surface area contributed by atoms with E-state index in [2.05, 4.69) is 29.2 Å². The lowest BCUT2D eigenvalue weighted by atomic mass is 9.98. The Morgan fingerprint density at radius 3 is 2.73 bits per heavy atom. The van der Waals surface area contributed by atoms with E-state index < -0.39 is 10.0 Å². The smallest absolute Gasteiger partial charge is 0.214 e. The molecule has 0 bridgehead atoms. The van der Waals surface area contributed by atoms with E-state index in [4.69, 9.17) is 0 Å². The molecular weight excluding hydrogens is 296 g/mol. The Labute approximate surface area is 134 Å². The van der Waals surface area contributed by atoms with Gasteiger partial charge in [0, 0.05) is 32.2 Å². The molecule has 5 heteroatoms. The number of nitrogens with zero attached hydrogens (tertiary/aromatic N) is 2. The molecule has 1 aromatic carbocycles. The summed E-state index contributed by atoms with van der Waals surface area (Å²) in [7, 11) is -3.05. The van der Waals surface area contributed by atoms with Crippen LogP contribution in [-0.2, 0) is 23.0 Å². The van der Waals surface area contributed by atoms with Crippen LogP contribution >= 0.6 is 0 Å². The number of hydrogen-bond acceptors (Lipinski definition) is 3.